The van der Waals surface area contributed by atoms with E-state index in [2.05, 4.69) is 93.0 Å². The summed E-state index contributed by atoms with van der Waals surface area (Å²) in [5, 5.41) is 3.47. The van der Waals surface area contributed by atoms with E-state index in [1.807, 2.05) is 6.92 Å². The molecule has 1 rings (SSSR count). The van der Waals surface area contributed by atoms with Gasteiger partial charge in [0.15, 0.2) is 16.6 Å². The molecule has 2 atom stereocenters. The Hall–Kier alpha value is -0.436. The number of carbonyl (C=O) groups is 1. The fourth-order valence-electron chi connectivity index (χ4n) is 2.96. The molecule has 0 bridgehead atoms. The van der Waals surface area contributed by atoms with Crippen molar-refractivity contribution in [2.75, 3.05) is 6.61 Å². The third-order valence-electron chi connectivity index (χ3n) is 7.00. The molecule has 0 unspecified atom stereocenters. The molecule has 1 aliphatic rings. The van der Waals surface area contributed by atoms with E-state index in [-0.39, 0.29) is 28.0 Å². The standard InChI is InChI=1S/C22H45NO3Si2/c1-16(2)18(26-28(12,13)21(7,8)9)22(14-17(3)19(24)23-22)15-25-27(10,11)20(4,5)6/h14,16,18H,15H2,1-13H3,(H,23,24)/t18-,22+/m0/s1. The number of hydrogen-bond donors (Lipinski definition) is 1. The van der Waals surface area contributed by atoms with Crippen molar-refractivity contribution in [2.45, 2.75) is 110 Å². The Bertz CT molecular complexity index is 612. The number of hydrogen-bond acceptors (Lipinski definition) is 3. The Labute approximate surface area is 176 Å². The first-order valence-electron chi connectivity index (χ1n) is 10.6. The smallest absolute Gasteiger partial charge is 0.247 e. The molecule has 0 aromatic rings. The molecule has 0 aliphatic carbocycles. The Morgan fingerprint density at radius 3 is 1.79 bits per heavy atom. The highest BCUT2D eigenvalue weighted by molar-refractivity contribution is 6.74. The monoisotopic (exact) mass is 427 g/mol. The summed E-state index contributed by atoms with van der Waals surface area (Å²) in [5.41, 5.74) is 0.142. The van der Waals surface area contributed by atoms with Crippen LogP contribution < -0.4 is 5.32 Å². The Balaban J connectivity index is 3.33. The van der Waals surface area contributed by atoms with E-state index >= 15 is 0 Å². The second-order valence-corrected chi connectivity index (χ2v) is 21.5. The van der Waals surface area contributed by atoms with Crippen LogP contribution in [0.2, 0.25) is 36.3 Å². The molecule has 1 heterocycles. The van der Waals surface area contributed by atoms with E-state index in [9.17, 15) is 4.79 Å². The van der Waals surface area contributed by atoms with Gasteiger partial charge in [0.05, 0.1) is 12.7 Å². The van der Waals surface area contributed by atoms with Gasteiger partial charge in [-0.15, -0.1) is 0 Å². The second-order valence-electron chi connectivity index (χ2n) is 11.9. The van der Waals surface area contributed by atoms with Crippen LogP contribution in [0.1, 0.15) is 62.3 Å². The van der Waals surface area contributed by atoms with Gasteiger partial charge >= 0.3 is 0 Å². The van der Waals surface area contributed by atoms with Crippen LogP contribution in [-0.4, -0.2) is 40.8 Å². The molecular formula is C22H45NO3Si2. The third kappa shape index (κ3) is 5.38. The lowest BCUT2D eigenvalue weighted by Crippen LogP contribution is -2.62. The molecule has 0 radical (unpaired) electrons. The highest BCUT2D eigenvalue weighted by Gasteiger charge is 2.51. The fourth-order valence-corrected chi connectivity index (χ4v) is 5.46. The highest BCUT2D eigenvalue weighted by Crippen LogP contribution is 2.42. The quantitative estimate of drug-likeness (QED) is 0.517. The highest BCUT2D eigenvalue weighted by atomic mass is 28.4. The van der Waals surface area contributed by atoms with Crippen LogP contribution in [0, 0.1) is 5.92 Å². The number of carbonyl (C=O) groups excluding carboxylic acids is 1. The van der Waals surface area contributed by atoms with Gasteiger partial charge in [0.2, 0.25) is 5.91 Å². The molecule has 0 saturated heterocycles. The topological polar surface area (TPSA) is 47.6 Å². The van der Waals surface area contributed by atoms with Crippen molar-refractivity contribution in [3.63, 3.8) is 0 Å². The van der Waals surface area contributed by atoms with Gasteiger partial charge in [-0.3, -0.25) is 4.79 Å². The summed E-state index contributed by atoms with van der Waals surface area (Å²) in [7, 11) is -3.99. The van der Waals surface area contributed by atoms with Crippen LogP contribution >= 0.6 is 0 Å². The summed E-state index contributed by atoms with van der Waals surface area (Å²) in [5.74, 6) is 0.239. The van der Waals surface area contributed by atoms with E-state index < -0.39 is 22.2 Å². The minimum absolute atomic E-state index is 0.0108. The van der Waals surface area contributed by atoms with Crippen LogP contribution in [0.5, 0.6) is 0 Å². The molecule has 4 nitrogen and oxygen atoms in total. The van der Waals surface area contributed by atoms with E-state index in [1.54, 1.807) is 0 Å². The first-order valence-corrected chi connectivity index (χ1v) is 16.4. The summed E-state index contributed by atoms with van der Waals surface area (Å²) < 4.78 is 13.5. The Morgan fingerprint density at radius 2 is 1.46 bits per heavy atom. The molecule has 164 valence electrons. The van der Waals surface area contributed by atoms with Gasteiger partial charge in [0.25, 0.3) is 0 Å². The first-order chi connectivity index (χ1) is 12.3. The fraction of sp³-hybridized carbons (Fsp3) is 0.864. The number of amides is 1. The maximum atomic E-state index is 12.5. The zero-order chi connectivity index (χ0) is 22.3. The molecule has 1 amide bonds. The van der Waals surface area contributed by atoms with Crippen molar-refractivity contribution >= 4 is 22.5 Å². The van der Waals surface area contributed by atoms with E-state index in [0.29, 0.717) is 6.61 Å². The molecular weight excluding hydrogens is 382 g/mol. The van der Waals surface area contributed by atoms with Gasteiger partial charge in [0, 0.05) is 5.57 Å². The average molecular weight is 428 g/mol. The van der Waals surface area contributed by atoms with Crippen LogP contribution in [0.25, 0.3) is 0 Å². The largest absolute Gasteiger partial charge is 0.414 e. The second kappa shape index (κ2) is 8.01. The van der Waals surface area contributed by atoms with Crippen molar-refractivity contribution < 1.29 is 13.6 Å². The van der Waals surface area contributed by atoms with Crippen molar-refractivity contribution in [3.8, 4) is 0 Å². The van der Waals surface area contributed by atoms with Crippen LogP contribution in [-0.2, 0) is 13.6 Å². The van der Waals surface area contributed by atoms with E-state index in [4.69, 9.17) is 8.85 Å². The molecule has 1 aliphatic heterocycles. The molecule has 0 aromatic heterocycles. The zero-order valence-electron chi connectivity index (χ0n) is 20.7. The molecule has 1 N–H and O–H groups in total. The van der Waals surface area contributed by atoms with Gasteiger partial charge < -0.3 is 14.2 Å². The van der Waals surface area contributed by atoms with Crippen LogP contribution in [0.4, 0.5) is 0 Å². The third-order valence-corrected chi connectivity index (χ3v) is 15.9. The summed E-state index contributed by atoms with van der Waals surface area (Å²) in [6, 6.07) is 0. The van der Waals surface area contributed by atoms with Crippen molar-refractivity contribution in [1.29, 1.82) is 0 Å². The van der Waals surface area contributed by atoms with Gasteiger partial charge in [-0.2, -0.15) is 0 Å². The maximum absolute atomic E-state index is 12.5. The predicted molar refractivity (Wildman–Crippen MR) is 125 cm³/mol. The summed E-state index contributed by atoms with van der Waals surface area (Å²) in [4.78, 5) is 12.5. The van der Waals surface area contributed by atoms with Crippen LogP contribution in [0.3, 0.4) is 0 Å². The van der Waals surface area contributed by atoms with Crippen molar-refractivity contribution in [3.05, 3.63) is 11.6 Å². The van der Waals surface area contributed by atoms with E-state index in [1.165, 1.54) is 0 Å². The van der Waals surface area contributed by atoms with Crippen molar-refractivity contribution in [2.24, 2.45) is 5.92 Å². The van der Waals surface area contributed by atoms with Crippen LogP contribution in [0.15, 0.2) is 11.6 Å². The Kier molecular flexibility index (Phi) is 7.32. The lowest BCUT2D eigenvalue weighted by molar-refractivity contribution is -0.119. The Morgan fingerprint density at radius 1 is 1.00 bits per heavy atom. The lowest BCUT2D eigenvalue weighted by Gasteiger charge is -2.48. The molecule has 28 heavy (non-hydrogen) atoms. The zero-order valence-corrected chi connectivity index (χ0v) is 22.7. The summed E-state index contributed by atoms with van der Waals surface area (Å²) in [6.07, 6.45) is 1.94. The van der Waals surface area contributed by atoms with Gasteiger partial charge in [-0.05, 0) is 55.2 Å². The lowest BCUT2D eigenvalue weighted by atomic mass is 9.86. The van der Waals surface area contributed by atoms with Gasteiger partial charge in [-0.1, -0.05) is 55.4 Å². The van der Waals surface area contributed by atoms with Gasteiger partial charge in [-0.25, -0.2) is 0 Å². The molecule has 0 saturated carbocycles. The maximum Gasteiger partial charge on any atom is 0.247 e. The minimum atomic E-state index is -2.03. The molecule has 0 spiro atoms. The molecule has 6 heteroatoms. The number of nitrogens with one attached hydrogen (secondary N) is 1. The van der Waals surface area contributed by atoms with E-state index in [0.717, 1.165) is 5.57 Å². The predicted octanol–water partition coefficient (Wildman–Crippen LogP) is 5.87. The number of rotatable bonds is 7. The summed E-state index contributed by atoms with van der Waals surface area (Å²) >= 11 is 0. The first kappa shape index (κ1) is 25.6. The summed E-state index contributed by atoms with van der Waals surface area (Å²) in [6.45, 7) is 29.3. The molecule has 0 fully saturated rings. The normalized spacial score (nSPS) is 23.1. The molecule has 0 aromatic carbocycles. The average Bonchev–Trinajstić information content (AvgIpc) is 2.76. The van der Waals surface area contributed by atoms with Crippen molar-refractivity contribution in [1.82, 2.24) is 5.32 Å². The SMILES string of the molecule is CC1=C[C@@](CO[Si](C)(C)C(C)(C)C)([C@@H](O[Si](C)(C)C(C)(C)C)C(C)C)NC1=O. The van der Waals surface area contributed by atoms with Gasteiger partial charge in [0.1, 0.15) is 5.54 Å². The minimum Gasteiger partial charge on any atom is -0.414 e.